The Hall–Kier alpha value is -1.12. The van der Waals surface area contributed by atoms with Crippen molar-refractivity contribution in [2.24, 2.45) is 0 Å². The molecule has 1 rings (SSSR count). The fraction of sp³-hybridized carbons (Fsp3) is 0.417. The number of hydrogen-bond acceptors (Lipinski definition) is 3. The Morgan fingerprint density at radius 3 is 2.76 bits per heavy atom. The van der Waals surface area contributed by atoms with Gasteiger partial charge in [-0.1, -0.05) is 6.92 Å². The largest absolute Gasteiger partial charge is 0.301 e. The van der Waals surface area contributed by atoms with Crippen LogP contribution in [0.25, 0.3) is 0 Å². The van der Waals surface area contributed by atoms with Crippen molar-refractivity contribution in [3.05, 3.63) is 29.8 Å². The predicted octanol–water partition coefficient (Wildman–Crippen LogP) is 2.95. The van der Waals surface area contributed by atoms with Gasteiger partial charge in [-0.15, -0.1) is 11.8 Å². The normalized spacial score (nSPS) is 12.1. The zero-order valence-electron chi connectivity index (χ0n) is 9.54. The highest BCUT2D eigenvalue weighted by Gasteiger charge is 2.08. The van der Waals surface area contributed by atoms with Gasteiger partial charge in [-0.3, -0.25) is 0 Å². The molecular weight excluding hydrogens is 242 g/mol. The number of rotatable bonds is 6. The van der Waals surface area contributed by atoms with Crippen molar-refractivity contribution < 1.29 is 8.78 Å². The van der Waals surface area contributed by atoms with E-state index >= 15 is 0 Å². The molecule has 0 heterocycles. The molecule has 0 aliphatic carbocycles. The van der Waals surface area contributed by atoms with E-state index in [1.165, 1.54) is 17.8 Å². The van der Waals surface area contributed by atoms with Crippen LogP contribution in [0, 0.1) is 23.0 Å². The van der Waals surface area contributed by atoms with Crippen LogP contribution in [0.2, 0.25) is 0 Å². The van der Waals surface area contributed by atoms with Crippen LogP contribution >= 0.6 is 11.8 Å². The minimum absolute atomic E-state index is 0.270. The van der Waals surface area contributed by atoms with E-state index in [9.17, 15) is 8.78 Å². The molecular formula is C12H14F2N2S. The summed E-state index contributed by atoms with van der Waals surface area (Å²) >= 11 is 1.33. The summed E-state index contributed by atoms with van der Waals surface area (Å²) in [6.07, 6.45) is 0.952. The van der Waals surface area contributed by atoms with Gasteiger partial charge in [0.15, 0.2) is 11.6 Å². The van der Waals surface area contributed by atoms with Crippen molar-refractivity contribution in [1.29, 1.82) is 5.26 Å². The minimum Gasteiger partial charge on any atom is -0.301 e. The van der Waals surface area contributed by atoms with Gasteiger partial charge in [-0.05, 0) is 31.2 Å². The summed E-state index contributed by atoms with van der Waals surface area (Å²) in [6.45, 7) is 2.79. The summed E-state index contributed by atoms with van der Waals surface area (Å²) in [5.41, 5.74) is 0. The van der Waals surface area contributed by atoms with Crippen molar-refractivity contribution in [2.75, 3.05) is 12.3 Å². The van der Waals surface area contributed by atoms with Gasteiger partial charge in [-0.25, -0.2) is 8.78 Å². The summed E-state index contributed by atoms with van der Waals surface area (Å²) in [7, 11) is 0. The Bertz CT molecular complexity index is 404. The van der Waals surface area contributed by atoms with E-state index in [0.717, 1.165) is 25.1 Å². The lowest BCUT2D eigenvalue weighted by Gasteiger charge is -2.10. The molecule has 1 atom stereocenters. The number of thioether (sulfide) groups is 1. The Morgan fingerprint density at radius 1 is 1.41 bits per heavy atom. The summed E-state index contributed by atoms with van der Waals surface area (Å²) in [4.78, 5) is 0.627. The molecule has 17 heavy (non-hydrogen) atoms. The molecule has 1 aromatic carbocycles. The van der Waals surface area contributed by atoms with Crippen LogP contribution in [-0.4, -0.2) is 18.3 Å². The highest BCUT2D eigenvalue weighted by Crippen LogP contribution is 2.20. The molecule has 2 nitrogen and oxygen atoms in total. The second kappa shape index (κ2) is 7.25. The number of nitriles is 1. The van der Waals surface area contributed by atoms with E-state index in [0.29, 0.717) is 10.6 Å². The third-order valence-corrected chi connectivity index (χ3v) is 3.19. The van der Waals surface area contributed by atoms with Crippen molar-refractivity contribution in [3.8, 4) is 6.07 Å². The summed E-state index contributed by atoms with van der Waals surface area (Å²) in [6, 6.07) is 5.62. The first-order chi connectivity index (χ1) is 8.17. The fourth-order valence-corrected chi connectivity index (χ4v) is 2.11. The van der Waals surface area contributed by atoms with Crippen molar-refractivity contribution >= 4 is 11.8 Å². The molecule has 0 saturated carbocycles. The van der Waals surface area contributed by atoms with Gasteiger partial charge in [-0.2, -0.15) is 5.26 Å². The average molecular weight is 256 g/mol. The molecule has 92 valence electrons. The van der Waals surface area contributed by atoms with Gasteiger partial charge >= 0.3 is 0 Å². The lowest BCUT2D eigenvalue weighted by Crippen LogP contribution is -2.30. The van der Waals surface area contributed by atoms with Crippen LogP contribution < -0.4 is 5.32 Å². The third-order valence-electron chi connectivity index (χ3n) is 2.10. The minimum atomic E-state index is -0.856. The molecule has 0 aromatic heterocycles. The SMILES string of the molecule is CCCNC(C#N)CSc1ccc(F)c(F)c1. The molecule has 0 aliphatic rings. The first kappa shape index (κ1) is 13.9. The molecule has 0 aliphatic heterocycles. The molecule has 1 aromatic rings. The second-order valence-corrected chi connectivity index (χ2v) is 4.62. The summed E-state index contributed by atoms with van der Waals surface area (Å²) in [5, 5.41) is 11.9. The molecule has 0 radical (unpaired) electrons. The van der Waals surface area contributed by atoms with Crippen LogP contribution in [0.15, 0.2) is 23.1 Å². The summed E-state index contributed by atoms with van der Waals surface area (Å²) in [5.74, 6) is -1.19. The van der Waals surface area contributed by atoms with E-state index in [2.05, 4.69) is 11.4 Å². The van der Waals surface area contributed by atoms with Gasteiger partial charge in [0.2, 0.25) is 0 Å². The molecule has 0 fully saturated rings. The lowest BCUT2D eigenvalue weighted by atomic mass is 10.3. The van der Waals surface area contributed by atoms with Crippen molar-refractivity contribution in [1.82, 2.24) is 5.32 Å². The van der Waals surface area contributed by atoms with Gasteiger partial charge in [0.1, 0.15) is 6.04 Å². The lowest BCUT2D eigenvalue weighted by molar-refractivity contribution is 0.506. The van der Waals surface area contributed by atoms with E-state index in [1.807, 2.05) is 6.92 Å². The van der Waals surface area contributed by atoms with Crippen molar-refractivity contribution in [3.63, 3.8) is 0 Å². The number of benzene rings is 1. The number of hydrogen-bond donors (Lipinski definition) is 1. The smallest absolute Gasteiger partial charge is 0.159 e. The Morgan fingerprint density at radius 2 is 2.18 bits per heavy atom. The first-order valence-corrected chi connectivity index (χ1v) is 6.36. The van der Waals surface area contributed by atoms with Gasteiger partial charge < -0.3 is 5.32 Å². The first-order valence-electron chi connectivity index (χ1n) is 5.38. The van der Waals surface area contributed by atoms with E-state index in [-0.39, 0.29) is 6.04 Å². The topological polar surface area (TPSA) is 35.8 Å². The summed E-state index contributed by atoms with van der Waals surface area (Å²) < 4.78 is 25.6. The quantitative estimate of drug-likeness (QED) is 0.795. The van der Waals surface area contributed by atoms with Crippen LogP contribution in [0.4, 0.5) is 8.78 Å². The van der Waals surface area contributed by atoms with Crippen LogP contribution in [0.5, 0.6) is 0 Å². The maximum Gasteiger partial charge on any atom is 0.159 e. The van der Waals surface area contributed by atoms with E-state index < -0.39 is 11.6 Å². The zero-order chi connectivity index (χ0) is 12.7. The third kappa shape index (κ3) is 4.72. The second-order valence-electron chi connectivity index (χ2n) is 3.52. The zero-order valence-corrected chi connectivity index (χ0v) is 10.4. The van der Waals surface area contributed by atoms with Crippen molar-refractivity contribution in [2.45, 2.75) is 24.3 Å². The molecule has 0 bridgehead atoms. The van der Waals surface area contributed by atoms with Gasteiger partial charge in [0, 0.05) is 10.6 Å². The maximum absolute atomic E-state index is 12.9. The molecule has 0 amide bonds. The molecule has 5 heteroatoms. The fourth-order valence-electron chi connectivity index (χ4n) is 1.21. The van der Waals surface area contributed by atoms with Crippen LogP contribution in [-0.2, 0) is 0 Å². The number of nitrogens with one attached hydrogen (secondary N) is 1. The Kier molecular flexibility index (Phi) is 5.95. The molecule has 1 N–H and O–H groups in total. The highest BCUT2D eigenvalue weighted by molar-refractivity contribution is 7.99. The predicted molar refractivity (Wildman–Crippen MR) is 64.8 cm³/mol. The maximum atomic E-state index is 12.9. The highest BCUT2D eigenvalue weighted by atomic mass is 32.2. The average Bonchev–Trinajstić information content (AvgIpc) is 2.34. The standard InChI is InChI=1S/C12H14F2N2S/c1-2-5-16-9(7-15)8-17-10-3-4-11(13)12(14)6-10/h3-4,6,9,16H,2,5,8H2,1H3. The van der Waals surface area contributed by atoms with Gasteiger partial charge in [0.05, 0.1) is 6.07 Å². The monoisotopic (exact) mass is 256 g/mol. The van der Waals surface area contributed by atoms with Crippen LogP contribution in [0.1, 0.15) is 13.3 Å². The van der Waals surface area contributed by atoms with E-state index in [1.54, 1.807) is 0 Å². The number of nitrogens with zero attached hydrogens (tertiary/aromatic N) is 1. The Labute approximate surface area is 104 Å². The van der Waals surface area contributed by atoms with Crippen LogP contribution in [0.3, 0.4) is 0 Å². The molecule has 1 unspecified atom stereocenters. The van der Waals surface area contributed by atoms with E-state index in [4.69, 9.17) is 5.26 Å². The Balaban J connectivity index is 2.48. The molecule has 0 saturated heterocycles. The number of halogens is 2. The molecule has 0 spiro atoms. The van der Waals surface area contributed by atoms with Gasteiger partial charge in [0.25, 0.3) is 0 Å².